The third kappa shape index (κ3) is 3.66. The van der Waals surface area contributed by atoms with E-state index in [9.17, 15) is 14.6 Å². The van der Waals surface area contributed by atoms with Gasteiger partial charge in [0.2, 0.25) is 0 Å². The number of fused-ring (bicyclic) bond motifs is 5. The van der Waals surface area contributed by atoms with E-state index in [1.165, 1.54) is 50.7 Å². The highest BCUT2D eigenvalue weighted by Crippen LogP contribution is 2.68. The number of aliphatic hydroxyl groups is 2. The Balaban J connectivity index is 1.31. The zero-order valence-corrected chi connectivity index (χ0v) is 20.3. The SMILES string of the molecule is C[C@]12CC[C@H](O)CC1CC[C@@H]1C2CC[C@@]2(C)C1CCC2[C@](C)(O)CCc1ccc(F)cc1. The number of hydrogen-bond donors (Lipinski definition) is 2. The average molecular weight is 443 g/mol. The Morgan fingerprint density at radius 3 is 2.38 bits per heavy atom. The second-order valence-corrected chi connectivity index (χ2v) is 12.7. The van der Waals surface area contributed by atoms with Crippen LogP contribution in [0.5, 0.6) is 0 Å². The molecule has 178 valence electrons. The van der Waals surface area contributed by atoms with E-state index in [4.69, 9.17) is 0 Å². The molecule has 0 spiro atoms. The molecule has 2 nitrogen and oxygen atoms in total. The molecule has 0 amide bonds. The van der Waals surface area contributed by atoms with Crippen molar-refractivity contribution in [2.75, 3.05) is 0 Å². The van der Waals surface area contributed by atoms with Gasteiger partial charge in [-0.15, -0.1) is 0 Å². The van der Waals surface area contributed by atoms with Crippen molar-refractivity contribution in [3.63, 3.8) is 0 Å². The minimum atomic E-state index is -0.680. The van der Waals surface area contributed by atoms with Crippen LogP contribution in [0.3, 0.4) is 0 Å². The van der Waals surface area contributed by atoms with E-state index in [0.29, 0.717) is 17.3 Å². The number of aryl methyl sites for hydroxylation is 1. The quantitative estimate of drug-likeness (QED) is 0.556. The summed E-state index contributed by atoms with van der Waals surface area (Å²) in [6, 6.07) is 6.77. The molecular formula is C29H43FO2. The Morgan fingerprint density at radius 2 is 1.62 bits per heavy atom. The monoisotopic (exact) mass is 442 g/mol. The highest BCUT2D eigenvalue weighted by Gasteiger charge is 2.62. The zero-order valence-electron chi connectivity index (χ0n) is 20.3. The van der Waals surface area contributed by atoms with E-state index in [1.807, 2.05) is 12.1 Å². The Morgan fingerprint density at radius 1 is 0.938 bits per heavy atom. The van der Waals surface area contributed by atoms with Gasteiger partial charge in [-0.2, -0.15) is 0 Å². The molecule has 0 heterocycles. The van der Waals surface area contributed by atoms with Crippen LogP contribution in [0.1, 0.15) is 90.5 Å². The third-order valence-electron chi connectivity index (χ3n) is 11.2. The number of rotatable bonds is 4. The van der Waals surface area contributed by atoms with Crippen LogP contribution in [0.15, 0.2) is 24.3 Å². The molecule has 3 heteroatoms. The van der Waals surface area contributed by atoms with Gasteiger partial charge in [0.1, 0.15) is 5.82 Å². The van der Waals surface area contributed by atoms with Crippen molar-refractivity contribution in [2.45, 2.75) is 103 Å². The highest BCUT2D eigenvalue weighted by atomic mass is 19.1. The molecule has 4 aliphatic carbocycles. The molecule has 0 radical (unpaired) electrons. The number of hydrogen-bond acceptors (Lipinski definition) is 2. The van der Waals surface area contributed by atoms with Gasteiger partial charge >= 0.3 is 0 Å². The fourth-order valence-corrected chi connectivity index (χ4v) is 9.48. The Bertz CT molecular complexity index is 819. The lowest BCUT2D eigenvalue weighted by molar-refractivity contribution is -0.144. The second kappa shape index (κ2) is 8.08. The fourth-order valence-electron chi connectivity index (χ4n) is 9.48. The predicted octanol–water partition coefficient (Wildman–Crippen LogP) is 6.53. The van der Waals surface area contributed by atoms with Crippen LogP contribution in [0, 0.1) is 46.2 Å². The molecular weight excluding hydrogens is 399 g/mol. The van der Waals surface area contributed by atoms with Crippen LogP contribution < -0.4 is 0 Å². The van der Waals surface area contributed by atoms with E-state index in [2.05, 4.69) is 20.8 Å². The third-order valence-corrected chi connectivity index (χ3v) is 11.2. The lowest BCUT2D eigenvalue weighted by Crippen LogP contribution is -2.55. The second-order valence-electron chi connectivity index (χ2n) is 12.7. The summed E-state index contributed by atoms with van der Waals surface area (Å²) in [4.78, 5) is 0. The van der Waals surface area contributed by atoms with E-state index in [0.717, 1.165) is 55.4 Å². The van der Waals surface area contributed by atoms with Crippen molar-refractivity contribution >= 4 is 0 Å². The minimum Gasteiger partial charge on any atom is -0.393 e. The van der Waals surface area contributed by atoms with Crippen LogP contribution in [0.4, 0.5) is 4.39 Å². The smallest absolute Gasteiger partial charge is 0.123 e. The first-order valence-corrected chi connectivity index (χ1v) is 13.3. The van der Waals surface area contributed by atoms with Gasteiger partial charge in [-0.1, -0.05) is 26.0 Å². The largest absolute Gasteiger partial charge is 0.393 e. The van der Waals surface area contributed by atoms with Crippen LogP contribution in [0.25, 0.3) is 0 Å². The topological polar surface area (TPSA) is 40.5 Å². The van der Waals surface area contributed by atoms with Gasteiger partial charge in [-0.25, -0.2) is 4.39 Å². The molecule has 4 saturated carbocycles. The average Bonchev–Trinajstić information content (AvgIpc) is 3.12. The predicted molar refractivity (Wildman–Crippen MR) is 127 cm³/mol. The maximum atomic E-state index is 13.3. The lowest BCUT2D eigenvalue weighted by atomic mass is 9.44. The zero-order chi connectivity index (χ0) is 22.7. The summed E-state index contributed by atoms with van der Waals surface area (Å²) in [5, 5.41) is 22.0. The maximum absolute atomic E-state index is 13.3. The molecule has 1 aromatic rings. The highest BCUT2D eigenvalue weighted by molar-refractivity contribution is 5.17. The van der Waals surface area contributed by atoms with Crippen molar-refractivity contribution in [3.8, 4) is 0 Å². The summed E-state index contributed by atoms with van der Waals surface area (Å²) in [6.45, 7) is 7.12. The van der Waals surface area contributed by atoms with Gasteiger partial charge in [0, 0.05) is 0 Å². The minimum absolute atomic E-state index is 0.0782. The number of benzene rings is 1. The molecule has 0 saturated heterocycles. The Labute approximate surface area is 194 Å². The van der Waals surface area contributed by atoms with Gasteiger partial charge in [0.15, 0.2) is 0 Å². The first-order valence-electron chi connectivity index (χ1n) is 13.3. The van der Waals surface area contributed by atoms with Crippen LogP contribution in [-0.4, -0.2) is 21.9 Å². The van der Waals surface area contributed by atoms with Gasteiger partial charge in [0.25, 0.3) is 0 Å². The molecule has 4 unspecified atom stereocenters. The fraction of sp³-hybridized carbons (Fsp3) is 0.793. The molecule has 5 rings (SSSR count). The number of aliphatic hydroxyl groups excluding tert-OH is 1. The number of halogens is 1. The summed E-state index contributed by atoms with van der Waals surface area (Å²) in [6.07, 6.45) is 12.2. The van der Waals surface area contributed by atoms with E-state index in [-0.39, 0.29) is 17.3 Å². The first kappa shape index (κ1) is 22.8. The molecule has 1 aromatic carbocycles. The van der Waals surface area contributed by atoms with Crippen LogP contribution in [-0.2, 0) is 6.42 Å². The molecule has 4 aliphatic rings. The molecule has 32 heavy (non-hydrogen) atoms. The molecule has 9 atom stereocenters. The standard InChI is InChI=1S/C29H43FO2/c1-27-15-13-22(31)18-20(27)6-9-23-24-10-11-26(28(24,2)16-14-25(23)27)29(3,32)17-12-19-4-7-21(30)8-5-19/h4-5,7-8,20,22-26,31-32H,6,9-18H2,1-3H3/t20?,22-,23-,24?,25?,26?,27-,28-,29+/m0/s1. The van der Waals surface area contributed by atoms with Crippen molar-refractivity contribution in [1.29, 1.82) is 0 Å². The molecule has 0 aliphatic heterocycles. The summed E-state index contributed by atoms with van der Waals surface area (Å²) in [5.74, 6) is 3.18. The summed E-state index contributed by atoms with van der Waals surface area (Å²) in [5.41, 5.74) is 1.07. The Kier molecular flexibility index (Phi) is 5.77. The van der Waals surface area contributed by atoms with Crippen LogP contribution >= 0.6 is 0 Å². The van der Waals surface area contributed by atoms with Gasteiger partial charge in [0.05, 0.1) is 11.7 Å². The van der Waals surface area contributed by atoms with E-state index >= 15 is 0 Å². The van der Waals surface area contributed by atoms with Gasteiger partial charge in [-0.05, 0) is 136 Å². The van der Waals surface area contributed by atoms with Crippen molar-refractivity contribution < 1.29 is 14.6 Å². The first-order chi connectivity index (χ1) is 15.1. The van der Waals surface area contributed by atoms with E-state index in [1.54, 1.807) is 0 Å². The van der Waals surface area contributed by atoms with Crippen molar-refractivity contribution in [3.05, 3.63) is 35.6 Å². The van der Waals surface area contributed by atoms with Gasteiger partial charge < -0.3 is 10.2 Å². The summed E-state index contributed by atoms with van der Waals surface area (Å²) in [7, 11) is 0. The maximum Gasteiger partial charge on any atom is 0.123 e. The molecule has 2 N–H and O–H groups in total. The lowest BCUT2D eigenvalue weighted by Gasteiger charge is -2.61. The van der Waals surface area contributed by atoms with Crippen molar-refractivity contribution in [1.82, 2.24) is 0 Å². The summed E-state index contributed by atoms with van der Waals surface area (Å²) < 4.78 is 13.3. The summed E-state index contributed by atoms with van der Waals surface area (Å²) >= 11 is 0. The molecule has 0 aromatic heterocycles. The van der Waals surface area contributed by atoms with Gasteiger partial charge in [-0.3, -0.25) is 0 Å². The normalized spacial score (nSPS) is 45.4. The van der Waals surface area contributed by atoms with Crippen molar-refractivity contribution in [2.24, 2.45) is 40.4 Å². The van der Waals surface area contributed by atoms with E-state index < -0.39 is 5.60 Å². The molecule has 4 fully saturated rings. The van der Waals surface area contributed by atoms with Crippen LogP contribution in [0.2, 0.25) is 0 Å². The Hall–Kier alpha value is -0.930. The molecule has 0 bridgehead atoms.